The number of Topliss-reactive ketones (excluding diaryl/α,β-unsaturated/α-hetero) is 1. The van der Waals surface area contributed by atoms with Crippen molar-refractivity contribution in [3.8, 4) is 0 Å². The summed E-state index contributed by atoms with van der Waals surface area (Å²) in [7, 11) is 0. The number of hydrogen-bond acceptors (Lipinski definition) is 5. The summed E-state index contributed by atoms with van der Waals surface area (Å²) in [6.45, 7) is 4.95. The monoisotopic (exact) mass is 482 g/mol. The molecule has 2 fully saturated rings. The molecule has 3 aromatic rings. The number of piperidine rings is 2. The van der Waals surface area contributed by atoms with Gasteiger partial charge in [-0.25, -0.2) is 9.97 Å². The molecule has 6 nitrogen and oxygen atoms in total. The van der Waals surface area contributed by atoms with Crippen LogP contribution in [0.5, 0.6) is 0 Å². The smallest absolute Gasteiger partial charge is 0.226 e. The van der Waals surface area contributed by atoms with Crippen LogP contribution in [0.15, 0.2) is 42.5 Å². The third kappa shape index (κ3) is 4.38. The summed E-state index contributed by atoms with van der Waals surface area (Å²) in [6, 6.07) is 14.0. The van der Waals surface area contributed by atoms with Crippen LogP contribution in [0.4, 0.5) is 5.95 Å². The number of aryl methyl sites for hydroxylation is 3. The van der Waals surface area contributed by atoms with Crippen molar-refractivity contribution in [3.63, 3.8) is 0 Å². The fraction of sp³-hybridized carbons (Fsp3) is 0.467. The Kier molecular flexibility index (Phi) is 6.20. The number of likely N-dealkylation sites (tertiary alicyclic amines) is 1. The van der Waals surface area contributed by atoms with Crippen molar-refractivity contribution in [2.75, 3.05) is 31.1 Å². The molecule has 36 heavy (non-hydrogen) atoms. The highest BCUT2D eigenvalue weighted by Gasteiger charge is 2.34. The number of hydrogen-bond donors (Lipinski definition) is 0. The van der Waals surface area contributed by atoms with Crippen LogP contribution < -0.4 is 4.90 Å². The Labute approximate surface area is 212 Å². The molecule has 0 spiro atoms. The fourth-order valence-electron chi connectivity index (χ4n) is 6.29. The van der Waals surface area contributed by atoms with Crippen LogP contribution in [0.1, 0.15) is 59.3 Å². The zero-order valence-corrected chi connectivity index (χ0v) is 21.1. The van der Waals surface area contributed by atoms with Gasteiger partial charge >= 0.3 is 0 Å². The average molecular weight is 483 g/mol. The first-order chi connectivity index (χ1) is 17.6. The molecule has 1 aromatic heterocycles. The van der Waals surface area contributed by atoms with Crippen LogP contribution >= 0.6 is 0 Å². The number of rotatable bonds is 4. The number of amides is 1. The number of nitrogens with zero attached hydrogens (tertiary/aromatic N) is 4. The predicted molar refractivity (Wildman–Crippen MR) is 141 cm³/mol. The quantitative estimate of drug-likeness (QED) is 0.502. The van der Waals surface area contributed by atoms with Crippen LogP contribution in [0.25, 0.3) is 10.9 Å². The summed E-state index contributed by atoms with van der Waals surface area (Å²) in [5.41, 5.74) is 5.71. The van der Waals surface area contributed by atoms with Crippen LogP contribution in [-0.2, 0) is 17.6 Å². The van der Waals surface area contributed by atoms with Gasteiger partial charge in [0.25, 0.3) is 0 Å². The summed E-state index contributed by atoms with van der Waals surface area (Å²) >= 11 is 0. The van der Waals surface area contributed by atoms with E-state index >= 15 is 0 Å². The third-order valence-corrected chi connectivity index (χ3v) is 8.38. The standard InChI is InChI=1S/C30H34N4O2/c1-20-26-17-23-9-5-10-24(23)18-27(26)32-30(31-20)33-15-12-22(13-16-33)29(36)34-14-6-11-25(19-34)28(35)21-7-3-2-4-8-21/h2-4,7-8,17-18,22,25H,5-6,9-16,19H2,1H3/t25-/m1/s1. The van der Waals surface area contributed by atoms with Crippen molar-refractivity contribution in [2.45, 2.75) is 51.9 Å². The van der Waals surface area contributed by atoms with Gasteiger partial charge in [-0.1, -0.05) is 30.3 Å². The van der Waals surface area contributed by atoms with Gasteiger partial charge in [-0.3, -0.25) is 9.59 Å². The Morgan fingerprint density at radius 2 is 1.61 bits per heavy atom. The highest BCUT2D eigenvalue weighted by molar-refractivity contribution is 5.98. The van der Waals surface area contributed by atoms with E-state index in [9.17, 15) is 9.59 Å². The number of carbonyl (C=O) groups excluding carboxylic acids is 2. The van der Waals surface area contributed by atoms with Crippen molar-refractivity contribution < 1.29 is 9.59 Å². The SMILES string of the molecule is Cc1nc(N2CCC(C(=O)N3CCC[C@@H](C(=O)c4ccccc4)C3)CC2)nc2cc3c(cc12)CCC3. The predicted octanol–water partition coefficient (Wildman–Crippen LogP) is 4.76. The largest absolute Gasteiger partial charge is 0.342 e. The Morgan fingerprint density at radius 1 is 0.861 bits per heavy atom. The maximum atomic E-state index is 13.4. The summed E-state index contributed by atoms with van der Waals surface area (Å²) in [4.78, 5) is 40.3. The van der Waals surface area contributed by atoms with Crippen molar-refractivity contribution in [3.05, 3.63) is 64.8 Å². The second-order valence-corrected chi connectivity index (χ2v) is 10.7. The molecule has 2 saturated heterocycles. The number of aromatic nitrogens is 2. The highest BCUT2D eigenvalue weighted by Crippen LogP contribution is 2.31. The van der Waals surface area contributed by atoms with E-state index in [0.717, 1.165) is 86.3 Å². The molecule has 186 valence electrons. The van der Waals surface area contributed by atoms with E-state index < -0.39 is 0 Å². The number of ketones is 1. The minimum atomic E-state index is -0.0967. The van der Waals surface area contributed by atoms with Crippen LogP contribution in [0.2, 0.25) is 0 Å². The van der Waals surface area contributed by atoms with Gasteiger partial charge in [0.05, 0.1) is 11.2 Å². The lowest BCUT2D eigenvalue weighted by atomic mass is 9.88. The van der Waals surface area contributed by atoms with Gasteiger partial charge in [0.1, 0.15) is 0 Å². The molecule has 0 unspecified atom stereocenters. The van der Waals surface area contributed by atoms with Crippen molar-refractivity contribution in [1.29, 1.82) is 0 Å². The number of fused-ring (bicyclic) bond motifs is 2. The molecule has 1 amide bonds. The minimum absolute atomic E-state index is 0.0108. The molecule has 6 rings (SSSR count). The van der Waals surface area contributed by atoms with Gasteiger partial charge in [0.2, 0.25) is 11.9 Å². The first-order valence-electron chi connectivity index (χ1n) is 13.5. The summed E-state index contributed by atoms with van der Waals surface area (Å²) in [5.74, 6) is 1.08. The Morgan fingerprint density at radius 3 is 2.39 bits per heavy atom. The molecule has 0 radical (unpaired) electrons. The van der Waals surface area contributed by atoms with Gasteiger partial charge in [-0.2, -0.15) is 0 Å². The second kappa shape index (κ2) is 9.64. The van der Waals surface area contributed by atoms with E-state index in [1.165, 1.54) is 17.5 Å². The van der Waals surface area contributed by atoms with Crippen LogP contribution in [0, 0.1) is 18.8 Å². The molecule has 1 atom stereocenters. The van der Waals surface area contributed by atoms with Crippen LogP contribution in [0.3, 0.4) is 0 Å². The van der Waals surface area contributed by atoms with Gasteiger partial charge in [0, 0.05) is 49.0 Å². The molecule has 0 N–H and O–H groups in total. The normalized spacial score (nSPS) is 20.5. The van der Waals surface area contributed by atoms with Gasteiger partial charge in [-0.05, 0) is 75.1 Å². The van der Waals surface area contributed by atoms with E-state index in [1.54, 1.807) is 0 Å². The van der Waals surface area contributed by atoms with E-state index in [-0.39, 0.29) is 23.5 Å². The van der Waals surface area contributed by atoms with Crippen molar-refractivity contribution >= 4 is 28.5 Å². The Hall–Kier alpha value is -3.28. The highest BCUT2D eigenvalue weighted by atomic mass is 16.2. The molecular formula is C30H34N4O2. The Bertz CT molecular complexity index is 1300. The van der Waals surface area contributed by atoms with Crippen molar-refractivity contribution in [1.82, 2.24) is 14.9 Å². The van der Waals surface area contributed by atoms with Gasteiger partial charge < -0.3 is 9.80 Å². The second-order valence-electron chi connectivity index (χ2n) is 10.7. The number of benzene rings is 2. The van der Waals surface area contributed by atoms with E-state index in [0.29, 0.717) is 6.54 Å². The zero-order valence-electron chi connectivity index (χ0n) is 21.1. The molecule has 0 bridgehead atoms. The number of anilines is 1. The fourth-order valence-corrected chi connectivity index (χ4v) is 6.29. The van der Waals surface area contributed by atoms with E-state index in [4.69, 9.17) is 9.97 Å². The summed E-state index contributed by atoms with van der Waals surface area (Å²) < 4.78 is 0. The number of carbonyl (C=O) groups is 2. The molecule has 6 heteroatoms. The van der Waals surface area contributed by atoms with Gasteiger partial charge in [-0.15, -0.1) is 0 Å². The topological polar surface area (TPSA) is 66.4 Å². The molecule has 1 aliphatic carbocycles. The molecule has 3 heterocycles. The van der Waals surface area contributed by atoms with E-state index in [1.807, 2.05) is 35.2 Å². The molecular weight excluding hydrogens is 448 g/mol. The van der Waals surface area contributed by atoms with Gasteiger partial charge in [0.15, 0.2) is 5.78 Å². The minimum Gasteiger partial charge on any atom is -0.342 e. The lowest BCUT2D eigenvalue weighted by Crippen LogP contribution is -2.47. The first kappa shape index (κ1) is 23.1. The molecule has 0 saturated carbocycles. The lowest BCUT2D eigenvalue weighted by molar-refractivity contribution is -0.137. The van der Waals surface area contributed by atoms with E-state index in [2.05, 4.69) is 24.0 Å². The first-order valence-corrected chi connectivity index (χ1v) is 13.5. The maximum absolute atomic E-state index is 13.4. The average Bonchev–Trinajstić information content (AvgIpc) is 3.39. The van der Waals surface area contributed by atoms with Crippen molar-refractivity contribution in [2.24, 2.45) is 11.8 Å². The summed E-state index contributed by atoms with van der Waals surface area (Å²) in [5, 5.41) is 1.16. The molecule has 2 aliphatic heterocycles. The third-order valence-electron chi connectivity index (χ3n) is 8.38. The maximum Gasteiger partial charge on any atom is 0.226 e. The Balaban J connectivity index is 1.10. The summed E-state index contributed by atoms with van der Waals surface area (Å²) in [6.07, 6.45) is 6.89. The lowest BCUT2D eigenvalue weighted by Gasteiger charge is -2.37. The molecule has 3 aliphatic rings. The molecule has 2 aromatic carbocycles. The zero-order chi connectivity index (χ0) is 24.6. The van der Waals surface area contributed by atoms with Crippen LogP contribution in [-0.4, -0.2) is 52.7 Å².